The van der Waals surface area contributed by atoms with Crippen LogP contribution in [0.25, 0.3) is 0 Å². The lowest BCUT2D eigenvalue weighted by molar-refractivity contribution is -0.147. The number of unbranched alkanes of at least 4 members (excludes halogenated alkanes) is 3. The SMILES string of the molecule is CCCCCC(CCCC=O)OC(C)=O. The lowest BCUT2D eigenvalue weighted by atomic mass is 10.1. The summed E-state index contributed by atoms with van der Waals surface area (Å²) in [6.07, 6.45) is 7.46. The molecule has 1 unspecified atom stereocenters. The van der Waals surface area contributed by atoms with Crippen molar-refractivity contribution in [2.75, 3.05) is 0 Å². The largest absolute Gasteiger partial charge is 0.463 e. The van der Waals surface area contributed by atoms with E-state index in [4.69, 9.17) is 4.74 Å². The van der Waals surface area contributed by atoms with Crippen LogP contribution in [0.3, 0.4) is 0 Å². The highest BCUT2D eigenvalue weighted by Crippen LogP contribution is 2.13. The van der Waals surface area contributed by atoms with Crippen LogP contribution in [0.1, 0.15) is 58.8 Å². The monoisotopic (exact) mass is 214 g/mol. The fourth-order valence-corrected chi connectivity index (χ4v) is 1.55. The van der Waals surface area contributed by atoms with Gasteiger partial charge in [0.05, 0.1) is 0 Å². The van der Waals surface area contributed by atoms with Crippen LogP contribution < -0.4 is 0 Å². The van der Waals surface area contributed by atoms with Gasteiger partial charge in [-0.15, -0.1) is 0 Å². The van der Waals surface area contributed by atoms with Gasteiger partial charge in [-0.1, -0.05) is 19.8 Å². The molecule has 0 saturated heterocycles. The van der Waals surface area contributed by atoms with Crippen molar-refractivity contribution in [1.29, 1.82) is 0 Å². The zero-order valence-corrected chi connectivity index (χ0v) is 9.83. The maximum Gasteiger partial charge on any atom is 0.302 e. The zero-order chi connectivity index (χ0) is 11.5. The molecule has 0 aromatic carbocycles. The van der Waals surface area contributed by atoms with Gasteiger partial charge < -0.3 is 9.53 Å². The highest BCUT2D eigenvalue weighted by Gasteiger charge is 2.10. The number of carbonyl (C=O) groups is 2. The Hall–Kier alpha value is -0.860. The number of carbonyl (C=O) groups excluding carboxylic acids is 2. The normalized spacial score (nSPS) is 12.1. The third-order valence-electron chi connectivity index (χ3n) is 2.31. The standard InChI is InChI=1S/C12H22O3/c1-3-4-5-8-12(15-11(2)14)9-6-7-10-13/h10,12H,3-9H2,1-2H3. The fourth-order valence-electron chi connectivity index (χ4n) is 1.55. The van der Waals surface area contributed by atoms with Crippen LogP contribution in [0.4, 0.5) is 0 Å². The van der Waals surface area contributed by atoms with Crippen LogP contribution in [-0.4, -0.2) is 18.4 Å². The van der Waals surface area contributed by atoms with E-state index in [0.717, 1.165) is 32.0 Å². The molecular formula is C12H22O3. The van der Waals surface area contributed by atoms with Gasteiger partial charge in [0.1, 0.15) is 12.4 Å². The highest BCUT2D eigenvalue weighted by atomic mass is 16.5. The summed E-state index contributed by atoms with van der Waals surface area (Å²) in [5, 5.41) is 0. The maximum absolute atomic E-state index is 10.8. The first-order valence-electron chi connectivity index (χ1n) is 5.81. The first kappa shape index (κ1) is 14.1. The lowest BCUT2D eigenvalue weighted by Crippen LogP contribution is -2.16. The van der Waals surface area contributed by atoms with Crippen molar-refractivity contribution < 1.29 is 14.3 Å². The summed E-state index contributed by atoms with van der Waals surface area (Å²) in [6.45, 7) is 3.58. The predicted molar refractivity (Wildman–Crippen MR) is 59.6 cm³/mol. The molecule has 0 N–H and O–H groups in total. The van der Waals surface area contributed by atoms with Crippen LogP contribution >= 0.6 is 0 Å². The van der Waals surface area contributed by atoms with E-state index >= 15 is 0 Å². The summed E-state index contributed by atoms with van der Waals surface area (Å²) in [5.41, 5.74) is 0. The second kappa shape index (κ2) is 9.69. The molecule has 15 heavy (non-hydrogen) atoms. The molecule has 0 radical (unpaired) electrons. The van der Waals surface area contributed by atoms with Crippen molar-refractivity contribution in [3.8, 4) is 0 Å². The number of hydrogen-bond acceptors (Lipinski definition) is 3. The van der Waals surface area contributed by atoms with E-state index in [2.05, 4.69) is 6.92 Å². The van der Waals surface area contributed by atoms with Gasteiger partial charge in [-0.05, 0) is 25.7 Å². The number of rotatable bonds is 9. The molecule has 3 heteroatoms. The second-order valence-corrected chi connectivity index (χ2v) is 3.82. The Morgan fingerprint density at radius 3 is 2.47 bits per heavy atom. The summed E-state index contributed by atoms with van der Waals surface area (Å²) in [7, 11) is 0. The van der Waals surface area contributed by atoms with E-state index in [0.29, 0.717) is 6.42 Å². The van der Waals surface area contributed by atoms with Gasteiger partial charge in [-0.2, -0.15) is 0 Å². The third kappa shape index (κ3) is 9.44. The smallest absolute Gasteiger partial charge is 0.302 e. The van der Waals surface area contributed by atoms with Crippen LogP contribution in [0.2, 0.25) is 0 Å². The summed E-state index contributed by atoms with van der Waals surface area (Å²) < 4.78 is 5.19. The van der Waals surface area contributed by atoms with Gasteiger partial charge in [0.2, 0.25) is 0 Å². The Morgan fingerprint density at radius 1 is 1.27 bits per heavy atom. The van der Waals surface area contributed by atoms with E-state index in [1.807, 2.05) is 0 Å². The molecule has 0 rings (SSSR count). The topological polar surface area (TPSA) is 43.4 Å². The molecule has 0 spiro atoms. The number of ether oxygens (including phenoxy) is 1. The fraction of sp³-hybridized carbons (Fsp3) is 0.833. The minimum atomic E-state index is -0.220. The number of aldehydes is 1. The lowest BCUT2D eigenvalue weighted by Gasteiger charge is -2.16. The molecule has 0 saturated carbocycles. The highest BCUT2D eigenvalue weighted by molar-refractivity contribution is 5.66. The molecule has 88 valence electrons. The van der Waals surface area contributed by atoms with Crippen LogP contribution in [-0.2, 0) is 14.3 Å². The molecule has 0 aliphatic rings. The summed E-state index contributed by atoms with van der Waals surface area (Å²) >= 11 is 0. The molecule has 0 aliphatic carbocycles. The number of esters is 1. The Bertz CT molecular complexity index is 178. The van der Waals surface area contributed by atoms with E-state index in [1.165, 1.54) is 19.8 Å². The van der Waals surface area contributed by atoms with Gasteiger partial charge in [-0.3, -0.25) is 4.79 Å². The van der Waals surface area contributed by atoms with Crippen molar-refractivity contribution in [2.24, 2.45) is 0 Å². The van der Waals surface area contributed by atoms with E-state index in [9.17, 15) is 9.59 Å². The van der Waals surface area contributed by atoms with Crippen molar-refractivity contribution >= 4 is 12.3 Å². The van der Waals surface area contributed by atoms with Gasteiger partial charge in [-0.25, -0.2) is 0 Å². The minimum Gasteiger partial charge on any atom is -0.463 e. The Balaban J connectivity index is 3.72. The van der Waals surface area contributed by atoms with Crippen molar-refractivity contribution in [3.63, 3.8) is 0 Å². The average molecular weight is 214 g/mol. The van der Waals surface area contributed by atoms with Gasteiger partial charge in [0, 0.05) is 13.3 Å². The molecular weight excluding hydrogens is 192 g/mol. The minimum absolute atomic E-state index is 0.00833. The van der Waals surface area contributed by atoms with Crippen LogP contribution in [0.5, 0.6) is 0 Å². The molecule has 0 aromatic heterocycles. The third-order valence-corrected chi connectivity index (χ3v) is 2.31. The first-order valence-corrected chi connectivity index (χ1v) is 5.81. The summed E-state index contributed by atoms with van der Waals surface area (Å²) in [6, 6.07) is 0. The van der Waals surface area contributed by atoms with Gasteiger partial charge >= 0.3 is 5.97 Å². The van der Waals surface area contributed by atoms with E-state index in [1.54, 1.807) is 0 Å². The van der Waals surface area contributed by atoms with E-state index < -0.39 is 0 Å². The zero-order valence-electron chi connectivity index (χ0n) is 9.83. The molecule has 1 atom stereocenters. The first-order chi connectivity index (χ1) is 7.20. The van der Waals surface area contributed by atoms with Crippen LogP contribution in [0, 0.1) is 0 Å². The molecule has 3 nitrogen and oxygen atoms in total. The Kier molecular flexibility index (Phi) is 9.13. The maximum atomic E-state index is 10.8. The quantitative estimate of drug-likeness (QED) is 0.337. The summed E-state index contributed by atoms with van der Waals surface area (Å²) in [4.78, 5) is 21.0. The Labute approximate surface area is 92.2 Å². The molecule has 0 aliphatic heterocycles. The van der Waals surface area contributed by atoms with Gasteiger partial charge in [0.25, 0.3) is 0 Å². The second-order valence-electron chi connectivity index (χ2n) is 3.82. The van der Waals surface area contributed by atoms with Crippen molar-refractivity contribution in [2.45, 2.75) is 64.9 Å². The van der Waals surface area contributed by atoms with Gasteiger partial charge in [0.15, 0.2) is 0 Å². The summed E-state index contributed by atoms with van der Waals surface area (Å²) in [5.74, 6) is -0.220. The molecule has 0 fully saturated rings. The molecule has 0 amide bonds. The van der Waals surface area contributed by atoms with E-state index in [-0.39, 0.29) is 12.1 Å². The van der Waals surface area contributed by atoms with Crippen molar-refractivity contribution in [3.05, 3.63) is 0 Å². The number of hydrogen-bond donors (Lipinski definition) is 0. The molecule has 0 heterocycles. The Morgan fingerprint density at radius 2 is 1.93 bits per heavy atom. The van der Waals surface area contributed by atoms with Crippen molar-refractivity contribution in [1.82, 2.24) is 0 Å². The predicted octanol–water partition coefficient (Wildman–Crippen LogP) is 2.87. The molecule has 0 bridgehead atoms. The van der Waals surface area contributed by atoms with Crippen LogP contribution in [0.15, 0.2) is 0 Å². The molecule has 0 aromatic rings. The average Bonchev–Trinajstić information content (AvgIpc) is 2.17.